The largest absolute Gasteiger partial charge is 0.508 e. The van der Waals surface area contributed by atoms with Gasteiger partial charge in [0.2, 0.25) is 0 Å². The molecule has 0 heterocycles. The Balaban J connectivity index is 2.46. The Morgan fingerprint density at radius 1 is 1.56 bits per heavy atom. The van der Waals surface area contributed by atoms with Gasteiger partial charge >= 0.3 is 5.97 Å². The molecule has 5 heteroatoms. The number of hydrogen-bond donors (Lipinski definition) is 2. The smallest absolute Gasteiger partial charge is 0.305 e. The van der Waals surface area contributed by atoms with Gasteiger partial charge in [0.15, 0.2) is 0 Å². The molecule has 0 bridgehead atoms. The average molecular weight is 272 g/mol. The summed E-state index contributed by atoms with van der Waals surface area (Å²) in [7, 11) is 0. The van der Waals surface area contributed by atoms with E-state index < -0.39 is 0 Å². The number of rotatable bonds is 6. The van der Waals surface area contributed by atoms with Gasteiger partial charge in [0.25, 0.3) is 0 Å². The Morgan fingerprint density at radius 2 is 2.28 bits per heavy atom. The molecule has 1 aromatic rings. The lowest BCUT2D eigenvalue weighted by atomic mass is 10.0. The molecule has 1 aromatic carbocycles. The van der Waals surface area contributed by atoms with Gasteiger partial charge in [-0.1, -0.05) is 11.6 Å². The minimum atomic E-state index is -0.247. The van der Waals surface area contributed by atoms with Crippen LogP contribution in [0.3, 0.4) is 0 Å². The van der Waals surface area contributed by atoms with E-state index in [1.807, 2.05) is 0 Å². The van der Waals surface area contributed by atoms with E-state index in [1.54, 1.807) is 19.1 Å². The predicted molar refractivity (Wildman–Crippen MR) is 70.7 cm³/mol. The normalized spacial score (nSPS) is 12.2. The van der Waals surface area contributed by atoms with Crippen molar-refractivity contribution in [3.05, 3.63) is 28.8 Å². The Kier molecular flexibility index (Phi) is 5.95. The molecule has 0 saturated carbocycles. The van der Waals surface area contributed by atoms with Gasteiger partial charge in [-0.15, -0.1) is 0 Å². The number of phenolic OH excluding ortho intramolecular Hbond substituents is 1. The molecule has 1 rings (SSSR count). The molecule has 3 N–H and O–H groups in total. The highest BCUT2D eigenvalue weighted by Gasteiger charge is 2.11. The summed E-state index contributed by atoms with van der Waals surface area (Å²) in [6.45, 7) is 2.14. The lowest BCUT2D eigenvalue weighted by Crippen LogP contribution is -2.24. The average Bonchev–Trinajstić information content (AvgIpc) is 2.32. The molecule has 0 amide bonds. The highest BCUT2D eigenvalue weighted by Crippen LogP contribution is 2.23. The highest BCUT2D eigenvalue weighted by molar-refractivity contribution is 6.30. The van der Waals surface area contributed by atoms with Crippen LogP contribution in [0.5, 0.6) is 5.75 Å². The zero-order valence-corrected chi connectivity index (χ0v) is 11.1. The molecular weight excluding hydrogens is 254 g/mol. The summed E-state index contributed by atoms with van der Waals surface area (Å²) in [6.07, 6.45) is 1.28. The summed E-state index contributed by atoms with van der Waals surface area (Å²) in [5.74, 6) is -0.0748. The van der Waals surface area contributed by atoms with E-state index in [0.29, 0.717) is 30.0 Å². The minimum Gasteiger partial charge on any atom is -0.508 e. The number of esters is 1. The van der Waals surface area contributed by atoms with Crippen LogP contribution in [0.15, 0.2) is 18.2 Å². The first-order valence-electron chi connectivity index (χ1n) is 5.91. The number of ether oxygens (including phenoxy) is 1. The first-order chi connectivity index (χ1) is 8.52. The molecule has 100 valence electrons. The third-order valence-electron chi connectivity index (χ3n) is 2.55. The molecule has 0 fully saturated rings. The summed E-state index contributed by atoms with van der Waals surface area (Å²) in [4.78, 5) is 11.2. The maximum absolute atomic E-state index is 11.2. The molecule has 4 nitrogen and oxygen atoms in total. The third kappa shape index (κ3) is 4.94. The van der Waals surface area contributed by atoms with Gasteiger partial charge in [-0.05, 0) is 43.5 Å². The van der Waals surface area contributed by atoms with Crippen molar-refractivity contribution in [2.45, 2.75) is 32.2 Å². The van der Waals surface area contributed by atoms with Gasteiger partial charge in [0.05, 0.1) is 6.61 Å². The second kappa shape index (κ2) is 7.24. The number of phenols is 1. The zero-order valence-electron chi connectivity index (χ0n) is 10.4. The van der Waals surface area contributed by atoms with Crippen molar-refractivity contribution in [2.24, 2.45) is 5.73 Å². The van der Waals surface area contributed by atoms with Crippen LogP contribution in [0.4, 0.5) is 0 Å². The summed E-state index contributed by atoms with van der Waals surface area (Å²) in [5.41, 5.74) is 6.60. The summed E-state index contributed by atoms with van der Waals surface area (Å²) < 4.78 is 4.82. The van der Waals surface area contributed by atoms with Crippen molar-refractivity contribution in [2.75, 3.05) is 6.61 Å². The minimum absolute atomic E-state index is 0.172. The number of carbonyl (C=O) groups excluding carboxylic acids is 1. The van der Waals surface area contributed by atoms with E-state index >= 15 is 0 Å². The molecule has 0 spiro atoms. The molecule has 0 aliphatic rings. The predicted octanol–water partition coefficient (Wildman–Crippen LogP) is 2.26. The topological polar surface area (TPSA) is 72.5 Å². The van der Waals surface area contributed by atoms with Crippen LogP contribution in [-0.2, 0) is 16.0 Å². The fourth-order valence-corrected chi connectivity index (χ4v) is 1.83. The van der Waals surface area contributed by atoms with Gasteiger partial charge in [0.1, 0.15) is 5.75 Å². The summed E-state index contributed by atoms with van der Waals surface area (Å²) in [5, 5.41) is 10.2. The van der Waals surface area contributed by atoms with Crippen molar-refractivity contribution >= 4 is 17.6 Å². The van der Waals surface area contributed by atoms with E-state index in [2.05, 4.69) is 0 Å². The van der Waals surface area contributed by atoms with Crippen LogP contribution in [0, 0.1) is 0 Å². The SMILES string of the molecule is CCOC(=O)CCC(N)Cc1cc(Cl)ccc1O. The maximum Gasteiger partial charge on any atom is 0.305 e. The van der Waals surface area contributed by atoms with Crippen LogP contribution in [0.2, 0.25) is 5.02 Å². The second-order valence-electron chi connectivity index (χ2n) is 4.08. The fourth-order valence-electron chi connectivity index (χ4n) is 1.64. The lowest BCUT2D eigenvalue weighted by Gasteiger charge is -2.12. The number of carbonyl (C=O) groups is 1. The number of aromatic hydroxyl groups is 1. The Hall–Kier alpha value is -1.26. The van der Waals surface area contributed by atoms with Crippen LogP contribution in [0.1, 0.15) is 25.3 Å². The van der Waals surface area contributed by atoms with Crippen LogP contribution >= 0.6 is 11.6 Å². The van der Waals surface area contributed by atoms with Crippen molar-refractivity contribution in [1.82, 2.24) is 0 Å². The lowest BCUT2D eigenvalue weighted by molar-refractivity contribution is -0.143. The van der Waals surface area contributed by atoms with E-state index in [0.717, 1.165) is 0 Å². The first kappa shape index (κ1) is 14.8. The third-order valence-corrected chi connectivity index (χ3v) is 2.78. The van der Waals surface area contributed by atoms with Crippen molar-refractivity contribution < 1.29 is 14.6 Å². The molecule has 1 atom stereocenters. The van der Waals surface area contributed by atoms with E-state index in [-0.39, 0.29) is 24.2 Å². The molecule has 0 saturated heterocycles. The van der Waals surface area contributed by atoms with Gasteiger partial charge < -0.3 is 15.6 Å². The molecule has 0 aliphatic carbocycles. The van der Waals surface area contributed by atoms with Crippen molar-refractivity contribution in [1.29, 1.82) is 0 Å². The monoisotopic (exact) mass is 271 g/mol. The van der Waals surface area contributed by atoms with E-state index in [9.17, 15) is 9.90 Å². The number of nitrogens with two attached hydrogens (primary N) is 1. The highest BCUT2D eigenvalue weighted by atomic mass is 35.5. The van der Waals surface area contributed by atoms with Gasteiger partial charge in [-0.2, -0.15) is 0 Å². The first-order valence-corrected chi connectivity index (χ1v) is 6.29. The second-order valence-corrected chi connectivity index (χ2v) is 4.52. The fraction of sp³-hybridized carbons (Fsp3) is 0.462. The van der Waals surface area contributed by atoms with Crippen LogP contribution in [0.25, 0.3) is 0 Å². The quantitative estimate of drug-likeness (QED) is 0.779. The number of benzene rings is 1. The standard InChI is InChI=1S/C13H18ClNO3/c1-2-18-13(17)6-4-11(15)8-9-7-10(14)3-5-12(9)16/h3,5,7,11,16H,2,4,6,8,15H2,1H3. The molecular formula is C13H18ClNO3. The van der Waals surface area contributed by atoms with Gasteiger partial charge in [-0.3, -0.25) is 4.79 Å². The Labute approximate surface area is 112 Å². The molecule has 1 unspecified atom stereocenters. The van der Waals surface area contributed by atoms with E-state index in [4.69, 9.17) is 22.1 Å². The summed E-state index contributed by atoms with van der Waals surface area (Å²) >= 11 is 5.84. The van der Waals surface area contributed by atoms with Crippen molar-refractivity contribution in [3.63, 3.8) is 0 Å². The van der Waals surface area contributed by atoms with E-state index in [1.165, 1.54) is 6.07 Å². The number of hydrogen-bond acceptors (Lipinski definition) is 4. The molecule has 0 aliphatic heterocycles. The van der Waals surface area contributed by atoms with Gasteiger partial charge in [-0.25, -0.2) is 0 Å². The number of halogens is 1. The van der Waals surface area contributed by atoms with Gasteiger partial charge in [0, 0.05) is 17.5 Å². The molecule has 0 radical (unpaired) electrons. The Bertz CT molecular complexity index is 409. The molecule has 18 heavy (non-hydrogen) atoms. The summed E-state index contributed by atoms with van der Waals surface area (Å²) in [6, 6.07) is 4.63. The maximum atomic E-state index is 11.2. The van der Waals surface area contributed by atoms with Crippen LogP contribution < -0.4 is 5.73 Å². The van der Waals surface area contributed by atoms with Crippen LogP contribution in [-0.4, -0.2) is 23.7 Å². The Morgan fingerprint density at radius 3 is 2.94 bits per heavy atom. The zero-order chi connectivity index (χ0) is 13.5. The van der Waals surface area contributed by atoms with Crippen molar-refractivity contribution in [3.8, 4) is 5.75 Å². The molecule has 0 aromatic heterocycles.